The molecule has 1 aliphatic rings. The largest absolute Gasteiger partial charge is 0.472 e. The monoisotopic (exact) mass is 342 g/mol. The fourth-order valence-corrected chi connectivity index (χ4v) is 3.61. The highest BCUT2D eigenvalue weighted by Gasteiger charge is 2.27. The van der Waals surface area contributed by atoms with E-state index in [0.717, 1.165) is 24.4 Å². The summed E-state index contributed by atoms with van der Waals surface area (Å²) in [6, 6.07) is 16.0. The number of thioether (sulfide) groups is 1. The van der Waals surface area contributed by atoms with Crippen molar-refractivity contribution < 1.29 is 9.53 Å². The predicted octanol–water partition coefficient (Wildman–Crippen LogP) is 3.30. The molecule has 1 aromatic carbocycles. The number of ether oxygens (including phenoxy) is 1. The summed E-state index contributed by atoms with van der Waals surface area (Å²) in [7, 11) is 0. The number of rotatable bonds is 6. The van der Waals surface area contributed by atoms with Gasteiger partial charge in [0.25, 0.3) is 0 Å². The second kappa shape index (κ2) is 8.20. The molecular weight excluding hydrogens is 320 g/mol. The Hall–Kier alpha value is -2.01. The van der Waals surface area contributed by atoms with Gasteiger partial charge in [-0.25, -0.2) is 4.98 Å². The standard InChI is InChI=1S/C19H22N2O2S/c1-15-6-5-9-18(20-15)23-17-10-11-21(12-17)19(22)14-24-13-16-7-3-2-4-8-16/h2-9,17H,10-14H2,1H3. The Morgan fingerprint density at radius 2 is 2.08 bits per heavy atom. The van der Waals surface area contributed by atoms with Gasteiger partial charge in [0.15, 0.2) is 0 Å². The fourth-order valence-electron chi connectivity index (χ4n) is 2.73. The highest BCUT2D eigenvalue weighted by atomic mass is 32.2. The molecule has 1 fully saturated rings. The highest BCUT2D eigenvalue weighted by Crippen LogP contribution is 2.19. The second-order valence-electron chi connectivity index (χ2n) is 5.96. The van der Waals surface area contributed by atoms with Crippen LogP contribution < -0.4 is 4.74 Å². The third kappa shape index (κ3) is 4.74. The van der Waals surface area contributed by atoms with Crippen molar-refractivity contribution in [2.24, 2.45) is 0 Å². The summed E-state index contributed by atoms with van der Waals surface area (Å²) in [5, 5.41) is 0. The van der Waals surface area contributed by atoms with Crippen molar-refractivity contribution in [3.63, 3.8) is 0 Å². The van der Waals surface area contributed by atoms with Crippen molar-refractivity contribution in [1.82, 2.24) is 9.88 Å². The van der Waals surface area contributed by atoms with Crippen LogP contribution in [-0.2, 0) is 10.5 Å². The molecular formula is C19H22N2O2S. The maximum absolute atomic E-state index is 12.3. The number of hydrogen-bond donors (Lipinski definition) is 0. The third-order valence-electron chi connectivity index (χ3n) is 3.98. The number of hydrogen-bond acceptors (Lipinski definition) is 4. The van der Waals surface area contributed by atoms with E-state index in [0.29, 0.717) is 18.2 Å². The zero-order valence-corrected chi connectivity index (χ0v) is 14.7. The van der Waals surface area contributed by atoms with Gasteiger partial charge in [-0.3, -0.25) is 4.79 Å². The van der Waals surface area contributed by atoms with E-state index in [-0.39, 0.29) is 12.0 Å². The molecule has 1 aliphatic heterocycles. The molecule has 1 unspecified atom stereocenters. The van der Waals surface area contributed by atoms with Crippen LogP contribution in [0.5, 0.6) is 5.88 Å². The summed E-state index contributed by atoms with van der Waals surface area (Å²) in [5.41, 5.74) is 2.19. The van der Waals surface area contributed by atoms with E-state index in [1.807, 2.05) is 48.2 Å². The number of amides is 1. The minimum Gasteiger partial charge on any atom is -0.472 e. The van der Waals surface area contributed by atoms with Crippen LogP contribution in [0.1, 0.15) is 17.7 Å². The average molecular weight is 342 g/mol. The Labute approximate surface area is 147 Å². The summed E-state index contributed by atoms with van der Waals surface area (Å²) in [6.07, 6.45) is 0.910. The number of aryl methyl sites for hydroxylation is 1. The molecule has 4 nitrogen and oxygen atoms in total. The molecule has 0 aliphatic carbocycles. The number of nitrogens with zero attached hydrogens (tertiary/aromatic N) is 2. The normalized spacial score (nSPS) is 17.0. The van der Waals surface area contributed by atoms with E-state index in [2.05, 4.69) is 17.1 Å². The minimum absolute atomic E-state index is 0.0439. The lowest BCUT2D eigenvalue weighted by Crippen LogP contribution is -2.32. The van der Waals surface area contributed by atoms with Crippen LogP contribution in [0.2, 0.25) is 0 Å². The van der Waals surface area contributed by atoms with Crippen molar-refractivity contribution in [3.8, 4) is 5.88 Å². The van der Waals surface area contributed by atoms with Gasteiger partial charge < -0.3 is 9.64 Å². The van der Waals surface area contributed by atoms with Crippen LogP contribution >= 0.6 is 11.8 Å². The van der Waals surface area contributed by atoms with Gasteiger partial charge in [0, 0.05) is 30.5 Å². The van der Waals surface area contributed by atoms with Gasteiger partial charge in [-0.15, -0.1) is 11.8 Å². The maximum Gasteiger partial charge on any atom is 0.232 e. The molecule has 3 rings (SSSR count). The Morgan fingerprint density at radius 3 is 2.88 bits per heavy atom. The van der Waals surface area contributed by atoms with E-state index in [4.69, 9.17) is 4.74 Å². The summed E-state index contributed by atoms with van der Waals surface area (Å²) < 4.78 is 5.90. The lowest BCUT2D eigenvalue weighted by molar-refractivity contribution is -0.127. The maximum atomic E-state index is 12.3. The molecule has 1 atom stereocenters. The highest BCUT2D eigenvalue weighted by molar-refractivity contribution is 7.99. The smallest absolute Gasteiger partial charge is 0.232 e. The first-order chi connectivity index (χ1) is 11.7. The van der Waals surface area contributed by atoms with Crippen LogP contribution in [0, 0.1) is 6.92 Å². The van der Waals surface area contributed by atoms with Crippen LogP contribution in [0.4, 0.5) is 0 Å². The number of aromatic nitrogens is 1. The molecule has 1 aromatic heterocycles. The average Bonchev–Trinajstić information content (AvgIpc) is 3.04. The molecule has 2 heterocycles. The Balaban J connectivity index is 1.42. The SMILES string of the molecule is Cc1cccc(OC2CCN(C(=O)CSCc3ccccc3)C2)n1. The minimum atomic E-state index is 0.0439. The van der Waals surface area contributed by atoms with E-state index < -0.39 is 0 Å². The van der Waals surface area contributed by atoms with Gasteiger partial charge >= 0.3 is 0 Å². The van der Waals surface area contributed by atoms with E-state index in [9.17, 15) is 4.79 Å². The van der Waals surface area contributed by atoms with E-state index in [1.165, 1.54) is 5.56 Å². The van der Waals surface area contributed by atoms with Crippen molar-refractivity contribution in [2.75, 3.05) is 18.8 Å². The van der Waals surface area contributed by atoms with Crippen molar-refractivity contribution in [3.05, 3.63) is 59.8 Å². The topological polar surface area (TPSA) is 42.4 Å². The van der Waals surface area contributed by atoms with Gasteiger partial charge in [0.2, 0.25) is 11.8 Å². The van der Waals surface area contributed by atoms with Crippen molar-refractivity contribution in [1.29, 1.82) is 0 Å². The lowest BCUT2D eigenvalue weighted by Gasteiger charge is -2.17. The predicted molar refractivity (Wildman–Crippen MR) is 97.2 cm³/mol. The molecule has 5 heteroatoms. The third-order valence-corrected chi connectivity index (χ3v) is 4.97. The number of carbonyl (C=O) groups excluding carboxylic acids is 1. The quantitative estimate of drug-likeness (QED) is 0.808. The molecule has 1 amide bonds. The fraction of sp³-hybridized carbons (Fsp3) is 0.368. The summed E-state index contributed by atoms with van der Waals surface area (Å²) in [6.45, 7) is 3.36. The van der Waals surface area contributed by atoms with E-state index >= 15 is 0 Å². The van der Waals surface area contributed by atoms with Crippen LogP contribution in [0.3, 0.4) is 0 Å². The molecule has 0 spiro atoms. The van der Waals surface area contributed by atoms with Crippen LogP contribution in [0.15, 0.2) is 48.5 Å². The molecule has 0 N–H and O–H groups in total. The van der Waals surface area contributed by atoms with Gasteiger partial charge in [-0.05, 0) is 18.6 Å². The number of likely N-dealkylation sites (tertiary alicyclic amines) is 1. The molecule has 1 saturated heterocycles. The number of pyridine rings is 1. The second-order valence-corrected chi connectivity index (χ2v) is 6.95. The molecule has 0 radical (unpaired) electrons. The zero-order valence-electron chi connectivity index (χ0n) is 13.9. The lowest BCUT2D eigenvalue weighted by atomic mass is 10.2. The zero-order chi connectivity index (χ0) is 16.8. The van der Waals surface area contributed by atoms with Gasteiger partial charge in [-0.2, -0.15) is 0 Å². The molecule has 2 aromatic rings. The van der Waals surface area contributed by atoms with Gasteiger partial charge in [0.1, 0.15) is 6.10 Å². The first-order valence-corrected chi connectivity index (χ1v) is 9.36. The molecule has 0 saturated carbocycles. The Morgan fingerprint density at radius 1 is 1.25 bits per heavy atom. The molecule has 24 heavy (non-hydrogen) atoms. The molecule has 126 valence electrons. The first-order valence-electron chi connectivity index (χ1n) is 8.20. The number of benzene rings is 1. The van der Waals surface area contributed by atoms with Crippen molar-refractivity contribution >= 4 is 17.7 Å². The Bertz CT molecular complexity index is 678. The van der Waals surface area contributed by atoms with Gasteiger partial charge in [0.05, 0.1) is 12.3 Å². The number of carbonyl (C=O) groups is 1. The van der Waals surface area contributed by atoms with Crippen LogP contribution in [0.25, 0.3) is 0 Å². The summed E-state index contributed by atoms with van der Waals surface area (Å²) >= 11 is 1.66. The van der Waals surface area contributed by atoms with Crippen LogP contribution in [-0.4, -0.2) is 40.7 Å². The van der Waals surface area contributed by atoms with Crippen molar-refractivity contribution in [2.45, 2.75) is 25.2 Å². The van der Waals surface area contributed by atoms with Gasteiger partial charge in [-0.1, -0.05) is 36.4 Å². The summed E-state index contributed by atoms with van der Waals surface area (Å²) in [4.78, 5) is 18.6. The first kappa shape index (κ1) is 16.8. The Kier molecular flexibility index (Phi) is 5.75. The summed E-state index contributed by atoms with van der Waals surface area (Å²) in [5.74, 6) is 2.23. The molecule has 0 bridgehead atoms. The van der Waals surface area contributed by atoms with E-state index in [1.54, 1.807) is 11.8 Å².